The lowest BCUT2D eigenvalue weighted by Gasteiger charge is -2.22. The number of carbonyl (C=O) groups is 1. The number of aromatic nitrogens is 2. The van der Waals surface area contributed by atoms with E-state index in [1.807, 2.05) is 41.2 Å². The van der Waals surface area contributed by atoms with Crippen LogP contribution in [-0.4, -0.2) is 42.1 Å². The van der Waals surface area contributed by atoms with Crippen LogP contribution in [0.1, 0.15) is 24.4 Å². The van der Waals surface area contributed by atoms with Gasteiger partial charge in [0.2, 0.25) is 0 Å². The number of benzene rings is 1. The third-order valence-corrected chi connectivity index (χ3v) is 4.11. The Balaban J connectivity index is 1.31. The largest absolute Gasteiger partial charge is 0.488 e. The summed E-state index contributed by atoms with van der Waals surface area (Å²) in [5.74, 6) is 0.720. The molecule has 2 aromatic rings. The molecule has 3 rings (SSSR count). The van der Waals surface area contributed by atoms with Gasteiger partial charge in [0.1, 0.15) is 13.2 Å². The summed E-state index contributed by atoms with van der Waals surface area (Å²) >= 11 is 0. The number of ether oxygens (including phenoxy) is 2. The maximum atomic E-state index is 11.6. The topological polar surface area (TPSA) is 77.4 Å². The van der Waals surface area contributed by atoms with Gasteiger partial charge in [-0.15, -0.1) is 0 Å². The molecule has 1 saturated heterocycles. The maximum Gasteiger partial charge on any atom is 0.407 e. The molecule has 1 aromatic heterocycles. The van der Waals surface area contributed by atoms with Gasteiger partial charge in [0.25, 0.3) is 0 Å². The summed E-state index contributed by atoms with van der Waals surface area (Å²) in [5.41, 5.74) is 0.958. The summed E-state index contributed by atoms with van der Waals surface area (Å²) in [4.78, 5) is 11.6. The first-order chi connectivity index (χ1) is 12.3. The number of amides is 1. The first kappa shape index (κ1) is 17.3. The van der Waals surface area contributed by atoms with Crippen LogP contribution < -0.4 is 15.4 Å². The molecular weight excluding hydrogens is 320 g/mol. The molecule has 1 fully saturated rings. The van der Waals surface area contributed by atoms with Crippen LogP contribution in [0.15, 0.2) is 42.7 Å². The van der Waals surface area contributed by atoms with Gasteiger partial charge in [0, 0.05) is 0 Å². The molecule has 1 aromatic carbocycles. The van der Waals surface area contributed by atoms with E-state index in [0.29, 0.717) is 19.2 Å². The molecule has 2 N–H and O–H groups in total. The minimum atomic E-state index is -0.446. The molecule has 2 heterocycles. The molecule has 1 aliphatic rings. The summed E-state index contributed by atoms with van der Waals surface area (Å²) in [6.07, 6.45) is 5.35. The Bertz CT molecular complexity index is 653. The average Bonchev–Trinajstić information content (AvgIpc) is 3.14. The van der Waals surface area contributed by atoms with Gasteiger partial charge in [-0.1, -0.05) is 30.3 Å². The fourth-order valence-electron chi connectivity index (χ4n) is 2.76. The van der Waals surface area contributed by atoms with Gasteiger partial charge >= 0.3 is 6.09 Å². The van der Waals surface area contributed by atoms with Crippen molar-refractivity contribution in [2.45, 2.75) is 25.5 Å². The van der Waals surface area contributed by atoms with Crippen molar-refractivity contribution >= 4 is 6.09 Å². The number of nitrogens with zero attached hydrogens (tertiary/aromatic N) is 2. The van der Waals surface area contributed by atoms with Gasteiger partial charge in [0.15, 0.2) is 5.75 Å². The van der Waals surface area contributed by atoms with Crippen LogP contribution in [0.2, 0.25) is 0 Å². The van der Waals surface area contributed by atoms with Gasteiger partial charge in [-0.3, -0.25) is 4.68 Å². The van der Waals surface area contributed by atoms with Crippen molar-refractivity contribution in [1.29, 1.82) is 0 Å². The molecule has 0 unspecified atom stereocenters. The van der Waals surface area contributed by atoms with E-state index in [9.17, 15) is 4.79 Å². The van der Waals surface area contributed by atoms with Crippen LogP contribution in [0, 0.1) is 0 Å². The standard InChI is InChI=1S/C18H24N4O3/c23-18(25-14-15-4-2-1-3-5-15)20-10-11-24-17-12-21-22(13-17)16-6-8-19-9-7-16/h1-5,12-13,16,19H,6-11,14H2,(H,20,23). The molecule has 0 spiro atoms. The Labute approximate surface area is 147 Å². The third kappa shape index (κ3) is 5.49. The van der Waals surface area contributed by atoms with Crippen LogP contribution in [0.4, 0.5) is 4.79 Å². The maximum absolute atomic E-state index is 11.6. The molecule has 0 saturated carbocycles. The molecule has 1 amide bonds. The lowest BCUT2D eigenvalue weighted by Crippen LogP contribution is -2.29. The highest BCUT2D eigenvalue weighted by atomic mass is 16.5. The van der Waals surface area contributed by atoms with E-state index in [4.69, 9.17) is 9.47 Å². The average molecular weight is 344 g/mol. The fourth-order valence-corrected chi connectivity index (χ4v) is 2.76. The van der Waals surface area contributed by atoms with E-state index >= 15 is 0 Å². The van der Waals surface area contributed by atoms with Crippen molar-refractivity contribution in [1.82, 2.24) is 20.4 Å². The number of piperidine rings is 1. The number of alkyl carbamates (subject to hydrolysis) is 1. The highest BCUT2D eigenvalue weighted by Gasteiger charge is 2.15. The van der Waals surface area contributed by atoms with Gasteiger partial charge in [0.05, 0.1) is 25.0 Å². The summed E-state index contributed by atoms with van der Waals surface area (Å²) in [7, 11) is 0. The van der Waals surface area contributed by atoms with E-state index in [-0.39, 0.29) is 6.61 Å². The first-order valence-electron chi connectivity index (χ1n) is 8.63. The van der Waals surface area contributed by atoms with Crippen LogP contribution in [0.3, 0.4) is 0 Å². The molecule has 7 nitrogen and oxygen atoms in total. The number of nitrogens with one attached hydrogen (secondary N) is 2. The van der Waals surface area contributed by atoms with Crippen molar-refractivity contribution in [3.63, 3.8) is 0 Å². The summed E-state index contributed by atoms with van der Waals surface area (Å²) in [6, 6.07) is 10.0. The quantitative estimate of drug-likeness (QED) is 0.752. The zero-order chi connectivity index (χ0) is 17.3. The van der Waals surface area contributed by atoms with E-state index < -0.39 is 6.09 Å². The van der Waals surface area contributed by atoms with Crippen molar-refractivity contribution in [3.05, 3.63) is 48.3 Å². The number of carbonyl (C=O) groups excluding carboxylic acids is 1. The van der Waals surface area contributed by atoms with Crippen molar-refractivity contribution in [3.8, 4) is 5.75 Å². The van der Waals surface area contributed by atoms with Crippen molar-refractivity contribution in [2.75, 3.05) is 26.2 Å². The molecule has 0 aliphatic carbocycles. The van der Waals surface area contributed by atoms with Crippen LogP contribution in [0.25, 0.3) is 0 Å². The zero-order valence-corrected chi connectivity index (χ0v) is 14.2. The van der Waals surface area contributed by atoms with Crippen molar-refractivity contribution in [2.24, 2.45) is 0 Å². The van der Waals surface area contributed by atoms with Gasteiger partial charge in [-0.05, 0) is 31.5 Å². The van der Waals surface area contributed by atoms with E-state index in [1.165, 1.54) is 0 Å². The Morgan fingerprint density at radius 1 is 1.28 bits per heavy atom. The molecule has 25 heavy (non-hydrogen) atoms. The molecule has 0 radical (unpaired) electrons. The Morgan fingerprint density at radius 2 is 2.08 bits per heavy atom. The smallest absolute Gasteiger partial charge is 0.407 e. The Kier molecular flexibility index (Phi) is 6.28. The predicted molar refractivity (Wildman–Crippen MR) is 93.5 cm³/mol. The number of rotatable bonds is 7. The van der Waals surface area contributed by atoms with Crippen LogP contribution >= 0.6 is 0 Å². The molecular formula is C18H24N4O3. The lowest BCUT2D eigenvalue weighted by atomic mass is 10.1. The van der Waals surface area contributed by atoms with Gasteiger partial charge in [-0.2, -0.15) is 5.10 Å². The lowest BCUT2D eigenvalue weighted by molar-refractivity contribution is 0.137. The normalized spacial score (nSPS) is 14.9. The monoisotopic (exact) mass is 344 g/mol. The second kappa shape index (κ2) is 9.08. The molecule has 0 atom stereocenters. The molecule has 0 bridgehead atoms. The molecule has 1 aliphatic heterocycles. The molecule has 134 valence electrons. The first-order valence-corrected chi connectivity index (χ1v) is 8.63. The SMILES string of the molecule is O=C(NCCOc1cnn(C2CCNCC2)c1)OCc1ccccc1. The number of hydrogen-bond donors (Lipinski definition) is 2. The summed E-state index contributed by atoms with van der Waals surface area (Å²) in [5, 5.41) is 10.4. The zero-order valence-electron chi connectivity index (χ0n) is 14.2. The van der Waals surface area contributed by atoms with Crippen molar-refractivity contribution < 1.29 is 14.3 Å². The minimum Gasteiger partial charge on any atom is -0.488 e. The number of hydrogen-bond acceptors (Lipinski definition) is 5. The van der Waals surface area contributed by atoms with E-state index in [0.717, 1.165) is 37.2 Å². The van der Waals surface area contributed by atoms with E-state index in [1.54, 1.807) is 6.20 Å². The van der Waals surface area contributed by atoms with Crippen LogP contribution in [0.5, 0.6) is 5.75 Å². The van der Waals surface area contributed by atoms with Crippen LogP contribution in [-0.2, 0) is 11.3 Å². The highest BCUT2D eigenvalue weighted by molar-refractivity contribution is 5.67. The summed E-state index contributed by atoms with van der Waals surface area (Å²) < 4.78 is 12.7. The highest BCUT2D eigenvalue weighted by Crippen LogP contribution is 2.20. The second-order valence-corrected chi connectivity index (χ2v) is 5.97. The minimum absolute atomic E-state index is 0.260. The van der Waals surface area contributed by atoms with Gasteiger partial charge < -0.3 is 20.1 Å². The Hall–Kier alpha value is -2.54. The fraction of sp³-hybridized carbons (Fsp3) is 0.444. The second-order valence-electron chi connectivity index (χ2n) is 5.97. The summed E-state index contributed by atoms with van der Waals surface area (Å²) in [6.45, 7) is 3.06. The third-order valence-electron chi connectivity index (χ3n) is 4.11. The molecule has 7 heteroatoms. The van der Waals surface area contributed by atoms with Gasteiger partial charge in [-0.25, -0.2) is 4.79 Å². The Morgan fingerprint density at radius 3 is 2.88 bits per heavy atom. The predicted octanol–water partition coefficient (Wildman–Crippen LogP) is 2.11. The van der Waals surface area contributed by atoms with E-state index in [2.05, 4.69) is 15.7 Å².